The number of nitrogen functional groups attached to an aromatic ring is 1. The standard InChI is InChI=1S/C13H19BrN2/c1-9-3-2-4-11(7-9)16-13-8-10(14)5-6-12(13)15/h5-6,8-9,11,16H,2-4,7,15H2,1H3. The Morgan fingerprint density at radius 3 is 2.94 bits per heavy atom. The van der Waals surface area contributed by atoms with Gasteiger partial charge in [-0.15, -0.1) is 0 Å². The van der Waals surface area contributed by atoms with Crippen LogP contribution in [0.4, 0.5) is 11.4 Å². The Balaban J connectivity index is 2.05. The van der Waals surface area contributed by atoms with Crippen LogP contribution in [0.5, 0.6) is 0 Å². The maximum Gasteiger partial charge on any atom is 0.0587 e. The zero-order chi connectivity index (χ0) is 11.5. The van der Waals surface area contributed by atoms with E-state index in [2.05, 4.69) is 34.2 Å². The summed E-state index contributed by atoms with van der Waals surface area (Å²) >= 11 is 3.48. The van der Waals surface area contributed by atoms with Gasteiger partial charge in [-0.05, 0) is 37.0 Å². The first kappa shape index (κ1) is 11.8. The molecule has 3 heteroatoms. The molecule has 2 nitrogen and oxygen atoms in total. The molecule has 1 aliphatic rings. The highest BCUT2D eigenvalue weighted by molar-refractivity contribution is 9.10. The molecule has 0 heterocycles. The van der Waals surface area contributed by atoms with Crippen LogP contribution in [-0.2, 0) is 0 Å². The number of hydrogen-bond acceptors (Lipinski definition) is 2. The summed E-state index contributed by atoms with van der Waals surface area (Å²) in [5.74, 6) is 0.833. The predicted octanol–water partition coefficient (Wildman–Crippen LogP) is 4.02. The van der Waals surface area contributed by atoms with Crippen molar-refractivity contribution in [2.75, 3.05) is 11.1 Å². The lowest BCUT2D eigenvalue weighted by Gasteiger charge is -2.28. The molecule has 1 fully saturated rings. The Labute approximate surface area is 106 Å². The summed E-state index contributed by atoms with van der Waals surface area (Å²) in [5.41, 5.74) is 7.86. The summed E-state index contributed by atoms with van der Waals surface area (Å²) in [6.07, 6.45) is 5.21. The van der Waals surface area contributed by atoms with Gasteiger partial charge in [0, 0.05) is 10.5 Å². The van der Waals surface area contributed by atoms with E-state index in [1.165, 1.54) is 25.7 Å². The van der Waals surface area contributed by atoms with Crippen LogP contribution in [0.1, 0.15) is 32.6 Å². The van der Waals surface area contributed by atoms with Crippen LogP contribution in [0.3, 0.4) is 0 Å². The van der Waals surface area contributed by atoms with Crippen LogP contribution in [-0.4, -0.2) is 6.04 Å². The Kier molecular flexibility index (Phi) is 3.74. The van der Waals surface area contributed by atoms with Crippen LogP contribution in [0.2, 0.25) is 0 Å². The van der Waals surface area contributed by atoms with Gasteiger partial charge in [0.25, 0.3) is 0 Å². The van der Waals surface area contributed by atoms with E-state index < -0.39 is 0 Å². The number of nitrogens with two attached hydrogens (primary N) is 1. The van der Waals surface area contributed by atoms with E-state index in [4.69, 9.17) is 5.73 Å². The summed E-state index contributed by atoms with van der Waals surface area (Å²) in [4.78, 5) is 0. The molecule has 0 saturated heterocycles. The van der Waals surface area contributed by atoms with Crippen LogP contribution < -0.4 is 11.1 Å². The smallest absolute Gasteiger partial charge is 0.0587 e. The second kappa shape index (κ2) is 5.09. The SMILES string of the molecule is CC1CCCC(Nc2cc(Br)ccc2N)C1. The van der Waals surface area contributed by atoms with Crippen molar-refractivity contribution in [3.8, 4) is 0 Å². The van der Waals surface area contributed by atoms with Gasteiger partial charge in [0.15, 0.2) is 0 Å². The highest BCUT2D eigenvalue weighted by Gasteiger charge is 2.19. The molecule has 0 amide bonds. The van der Waals surface area contributed by atoms with Crippen LogP contribution in [0.15, 0.2) is 22.7 Å². The number of rotatable bonds is 2. The highest BCUT2D eigenvalue weighted by atomic mass is 79.9. The molecular weight excluding hydrogens is 264 g/mol. The van der Waals surface area contributed by atoms with Crippen molar-refractivity contribution in [2.45, 2.75) is 38.6 Å². The maximum atomic E-state index is 5.96. The van der Waals surface area contributed by atoms with Crippen molar-refractivity contribution in [1.82, 2.24) is 0 Å². The van der Waals surface area contributed by atoms with Crippen LogP contribution >= 0.6 is 15.9 Å². The number of hydrogen-bond donors (Lipinski definition) is 2. The van der Waals surface area contributed by atoms with E-state index in [0.29, 0.717) is 6.04 Å². The molecule has 2 rings (SSSR count). The molecule has 0 spiro atoms. The van der Waals surface area contributed by atoms with Crippen LogP contribution in [0, 0.1) is 5.92 Å². The molecule has 0 radical (unpaired) electrons. The lowest BCUT2D eigenvalue weighted by molar-refractivity contribution is 0.359. The lowest BCUT2D eigenvalue weighted by atomic mass is 9.87. The molecule has 2 atom stereocenters. The topological polar surface area (TPSA) is 38.0 Å². The van der Waals surface area contributed by atoms with Gasteiger partial charge in [0.2, 0.25) is 0 Å². The van der Waals surface area contributed by atoms with Gasteiger partial charge in [-0.25, -0.2) is 0 Å². The van der Waals surface area contributed by atoms with Gasteiger partial charge in [-0.1, -0.05) is 35.7 Å². The molecule has 1 aliphatic carbocycles. The molecular formula is C13H19BrN2. The zero-order valence-electron chi connectivity index (χ0n) is 9.67. The third kappa shape index (κ3) is 2.91. The normalized spacial score (nSPS) is 25.4. The van der Waals surface area contributed by atoms with E-state index in [9.17, 15) is 0 Å². The van der Waals surface area contributed by atoms with Gasteiger partial charge in [-0.2, -0.15) is 0 Å². The van der Waals surface area contributed by atoms with E-state index >= 15 is 0 Å². The summed E-state index contributed by atoms with van der Waals surface area (Å²) in [6.45, 7) is 2.33. The average Bonchev–Trinajstić information content (AvgIpc) is 2.24. The monoisotopic (exact) mass is 282 g/mol. The fourth-order valence-electron chi connectivity index (χ4n) is 2.44. The Morgan fingerprint density at radius 2 is 2.19 bits per heavy atom. The third-order valence-corrected chi connectivity index (χ3v) is 3.80. The van der Waals surface area contributed by atoms with Crippen molar-refractivity contribution in [3.63, 3.8) is 0 Å². The van der Waals surface area contributed by atoms with Crippen molar-refractivity contribution in [2.24, 2.45) is 5.92 Å². The molecule has 3 N–H and O–H groups in total. The maximum absolute atomic E-state index is 5.96. The summed E-state index contributed by atoms with van der Waals surface area (Å²) < 4.78 is 1.08. The number of nitrogens with one attached hydrogen (secondary N) is 1. The number of benzene rings is 1. The van der Waals surface area contributed by atoms with Crippen molar-refractivity contribution < 1.29 is 0 Å². The number of halogens is 1. The Morgan fingerprint density at radius 1 is 1.38 bits per heavy atom. The van der Waals surface area contributed by atoms with E-state index in [1.54, 1.807) is 0 Å². The second-order valence-electron chi connectivity index (χ2n) is 4.84. The van der Waals surface area contributed by atoms with Gasteiger partial charge in [0.1, 0.15) is 0 Å². The zero-order valence-corrected chi connectivity index (χ0v) is 11.3. The fourth-order valence-corrected chi connectivity index (χ4v) is 2.80. The van der Waals surface area contributed by atoms with Gasteiger partial charge >= 0.3 is 0 Å². The molecule has 1 saturated carbocycles. The first-order valence-corrected chi connectivity index (χ1v) is 6.76. The predicted molar refractivity (Wildman–Crippen MR) is 73.6 cm³/mol. The Hall–Kier alpha value is -0.700. The molecule has 2 unspecified atom stereocenters. The van der Waals surface area contributed by atoms with Crippen LogP contribution in [0.25, 0.3) is 0 Å². The summed E-state index contributed by atoms with van der Waals surface area (Å²) in [7, 11) is 0. The second-order valence-corrected chi connectivity index (χ2v) is 5.76. The Bertz CT molecular complexity index is 365. The molecule has 16 heavy (non-hydrogen) atoms. The fraction of sp³-hybridized carbons (Fsp3) is 0.538. The average molecular weight is 283 g/mol. The minimum absolute atomic E-state index is 0.584. The van der Waals surface area contributed by atoms with Gasteiger partial charge in [-0.3, -0.25) is 0 Å². The quantitative estimate of drug-likeness (QED) is 0.804. The minimum Gasteiger partial charge on any atom is -0.397 e. The summed E-state index contributed by atoms with van der Waals surface area (Å²) in [5, 5.41) is 3.57. The molecule has 1 aromatic carbocycles. The lowest BCUT2D eigenvalue weighted by Crippen LogP contribution is -2.26. The van der Waals surface area contributed by atoms with Crippen molar-refractivity contribution in [1.29, 1.82) is 0 Å². The number of anilines is 2. The third-order valence-electron chi connectivity index (χ3n) is 3.31. The van der Waals surface area contributed by atoms with Crippen molar-refractivity contribution in [3.05, 3.63) is 22.7 Å². The largest absolute Gasteiger partial charge is 0.397 e. The highest BCUT2D eigenvalue weighted by Crippen LogP contribution is 2.29. The molecule has 0 aliphatic heterocycles. The molecule has 1 aromatic rings. The van der Waals surface area contributed by atoms with Gasteiger partial charge < -0.3 is 11.1 Å². The molecule has 0 aromatic heterocycles. The first-order valence-electron chi connectivity index (χ1n) is 5.96. The minimum atomic E-state index is 0.584. The van der Waals surface area contributed by atoms with Gasteiger partial charge in [0.05, 0.1) is 11.4 Å². The van der Waals surface area contributed by atoms with E-state index in [-0.39, 0.29) is 0 Å². The van der Waals surface area contributed by atoms with E-state index in [0.717, 1.165) is 21.8 Å². The van der Waals surface area contributed by atoms with Crippen molar-refractivity contribution >= 4 is 27.3 Å². The van der Waals surface area contributed by atoms with E-state index in [1.807, 2.05) is 12.1 Å². The first-order chi connectivity index (χ1) is 7.65. The molecule has 88 valence electrons. The molecule has 0 bridgehead atoms. The summed E-state index contributed by atoms with van der Waals surface area (Å²) in [6, 6.07) is 6.57.